The number of rotatable bonds is 5. The Balaban J connectivity index is 0.00000225. The molecule has 0 aliphatic carbocycles. The quantitative estimate of drug-likeness (QED) is 0.703. The molecule has 0 aromatic heterocycles. The standard InChI is InChI=1S/C21H32N4O3.2ClH/c1-24-11-3-4-18(14-24)25(2)21(27)16-5-7-17(8-6-16)23-20(26)19(22)15-9-12-28-13-10-15;;/h5-8,15,18-19H,3-4,9-14,22H2,1-2H3,(H,23,26);2*1H. The van der Waals surface area contributed by atoms with Gasteiger partial charge in [0, 0.05) is 44.1 Å². The van der Waals surface area contributed by atoms with E-state index in [4.69, 9.17) is 10.5 Å². The maximum absolute atomic E-state index is 12.8. The summed E-state index contributed by atoms with van der Waals surface area (Å²) in [5.41, 5.74) is 7.40. The van der Waals surface area contributed by atoms with E-state index in [0.717, 1.165) is 38.8 Å². The van der Waals surface area contributed by atoms with Crippen molar-refractivity contribution >= 4 is 42.3 Å². The van der Waals surface area contributed by atoms with Crippen LogP contribution in [0, 0.1) is 5.92 Å². The second kappa shape index (κ2) is 12.5. The van der Waals surface area contributed by atoms with Gasteiger partial charge in [-0.1, -0.05) is 0 Å². The van der Waals surface area contributed by atoms with Crippen LogP contribution in [-0.2, 0) is 9.53 Å². The first-order valence-corrected chi connectivity index (χ1v) is 10.2. The fraction of sp³-hybridized carbons (Fsp3) is 0.619. The summed E-state index contributed by atoms with van der Waals surface area (Å²) in [6.07, 6.45) is 3.76. The molecule has 1 aromatic rings. The van der Waals surface area contributed by atoms with E-state index in [1.807, 2.05) is 11.9 Å². The van der Waals surface area contributed by atoms with Gasteiger partial charge in [-0.05, 0) is 69.5 Å². The van der Waals surface area contributed by atoms with Crippen LogP contribution in [0.25, 0.3) is 0 Å². The summed E-state index contributed by atoms with van der Waals surface area (Å²) in [5, 5.41) is 2.87. The molecular formula is C21H34Cl2N4O3. The van der Waals surface area contributed by atoms with Gasteiger partial charge in [0.05, 0.1) is 6.04 Å². The van der Waals surface area contributed by atoms with Crippen LogP contribution in [0.4, 0.5) is 5.69 Å². The fourth-order valence-electron chi connectivity index (χ4n) is 4.04. The summed E-state index contributed by atoms with van der Waals surface area (Å²) < 4.78 is 5.33. The molecule has 1 aromatic carbocycles. The normalized spacial score (nSPS) is 21.0. The average Bonchev–Trinajstić information content (AvgIpc) is 2.73. The number of likely N-dealkylation sites (tertiary alicyclic amines) is 1. The molecule has 2 saturated heterocycles. The minimum Gasteiger partial charge on any atom is -0.381 e. The smallest absolute Gasteiger partial charge is 0.253 e. The average molecular weight is 461 g/mol. The molecule has 0 spiro atoms. The second-order valence-corrected chi connectivity index (χ2v) is 8.02. The molecule has 0 radical (unpaired) electrons. The van der Waals surface area contributed by atoms with Crippen molar-refractivity contribution in [3.63, 3.8) is 0 Å². The van der Waals surface area contributed by atoms with Crippen LogP contribution in [0.2, 0.25) is 0 Å². The zero-order chi connectivity index (χ0) is 20.1. The van der Waals surface area contributed by atoms with Crippen LogP contribution in [0.15, 0.2) is 24.3 Å². The van der Waals surface area contributed by atoms with E-state index in [0.29, 0.717) is 24.5 Å². The highest BCUT2D eigenvalue weighted by Crippen LogP contribution is 2.20. The van der Waals surface area contributed by atoms with Crippen molar-refractivity contribution in [2.75, 3.05) is 45.7 Å². The predicted molar refractivity (Wildman–Crippen MR) is 124 cm³/mol. The molecule has 0 bridgehead atoms. The Bertz CT molecular complexity index is 683. The van der Waals surface area contributed by atoms with E-state index in [2.05, 4.69) is 17.3 Å². The van der Waals surface area contributed by atoms with Gasteiger partial charge < -0.3 is 25.6 Å². The maximum Gasteiger partial charge on any atom is 0.253 e. The van der Waals surface area contributed by atoms with Gasteiger partial charge in [-0.15, -0.1) is 24.8 Å². The largest absolute Gasteiger partial charge is 0.381 e. The topological polar surface area (TPSA) is 87.9 Å². The fourth-order valence-corrected chi connectivity index (χ4v) is 4.04. The number of nitrogens with two attached hydrogens (primary N) is 1. The highest BCUT2D eigenvalue weighted by Gasteiger charge is 2.27. The lowest BCUT2D eigenvalue weighted by Crippen LogP contribution is -2.47. The minimum absolute atomic E-state index is 0. The highest BCUT2D eigenvalue weighted by molar-refractivity contribution is 5.97. The van der Waals surface area contributed by atoms with Gasteiger partial charge in [-0.25, -0.2) is 0 Å². The summed E-state index contributed by atoms with van der Waals surface area (Å²) in [7, 11) is 3.96. The summed E-state index contributed by atoms with van der Waals surface area (Å²) in [6.45, 7) is 3.31. The number of amides is 2. The minimum atomic E-state index is -0.542. The Hall–Kier alpha value is -1.38. The zero-order valence-corrected chi connectivity index (χ0v) is 19.3. The van der Waals surface area contributed by atoms with Crippen molar-refractivity contribution < 1.29 is 14.3 Å². The van der Waals surface area contributed by atoms with Gasteiger partial charge in [-0.3, -0.25) is 9.59 Å². The third-order valence-corrected chi connectivity index (χ3v) is 5.94. The first kappa shape index (κ1) is 26.7. The first-order chi connectivity index (χ1) is 13.5. The van der Waals surface area contributed by atoms with Crippen molar-refractivity contribution in [2.24, 2.45) is 11.7 Å². The van der Waals surface area contributed by atoms with Crippen molar-refractivity contribution in [1.29, 1.82) is 0 Å². The molecule has 2 heterocycles. The third kappa shape index (κ3) is 6.82. The number of piperidine rings is 1. The first-order valence-electron chi connectivity index (χ1n) is 10.2. The molecule has 7 nitrogen and oxygen atoms in total. The summed E-state index contributed by atoms with van der Waals surface area (Å²) in [6, 6.07) is 6.76. The highest BCUT2D eigenvalue weighted by atomic mass is 35.5. The van der Waals surface area contributed by atoms with Gasteiger partial charge >= 0.3 is 0 Å². The van der Waals surface area contributed by atoms with Crippen LogP contribution in [0.3, 0.4) is 0 Å². The van der Waals surface area contributed by atoms with Gasteiger partial charge in [0.25, 0.3) is 5.91 Å². The van der Waals surface area contributed by atoms with Crippen LogP contribution in [-0.4, -0.2) is 74.1 Å². The molecule has 2 fully saturated rings. The van der Waals surface area contributed by atoms with E-state index < -0.39 is 6.04 Å². The summed E-state index contributed by atoms with van der Waals surface area (Å²) in [5.74, 6) is -0.0257. The predicted octanol–water partition coefficient (Wildman–Crippen LogP) is 2.39. The Morgan fingerprint density at radius 1 is 1.17 bits per heavy atom. The number of halogens is 2. The number of ether oxygens (including phenoxy) is 1. The molecule has 2 amide bonds. The number of likely N-dealkylation sites (N-methyl/N-ethyl adjacent to an activating group) is 2. The number of hydrogen-bond donors (Lipinski definition) is 2. The Kier molecular flexibility index (Phi) is 11.1. The lowest BCUT2D eigenvalue weighted by molar-refractivity contribution is -0.119. The van der Waals surface area contributed by atoms with Crippen molar-refractivity contribution in [2.45, 2.75) is 37.8 Å². The number of benzene rings is 1. The van der Waals surface area contributed by atoms with E-state index in [1.54, 1.807) is 24.3 Å². The molecule has 30 heavy (non-hydrogen) atoms. The van der Waals surface area contributed by atoms with E-state index in [9.17, 15) is 9.59 Å². The number of anilines is 1. The second-order valence-electron chi connectivity index (χ2n) is 8.02. The number of hydrogen-bond acceptors (Lipinski definition) is 5. The van der Waals surface area contributed by atoms with E-state index in [1.165, 1.54) is 0 Å². The van der Waals surface area contributed by atoms with Crippen LogP contribution in [0.5, 0.6) is 0 Å². The van der Waals surface area contributed by atoms with Crippen molar-refractivity contribution in [3.8, 4) is 0 Å². The number of carbonyl (C=O) groups excluding carboxylic acids is 2. The molecule has 170 valence electrons. The number of carbonyl (C=O) groups is 2. The molecule has 0 saturated carbocycles. The Morgan fingerprint density at radius 2 is 1.80 bits per heavy atom. The Labute approximate surface area is 191 Å². The van der Waals surface area contributed by atoms with Gasteiger partial charge in [-0.2, -0.15) is 0 Å². The lowest BCUT2D eigenvalue weighted by atomic mass is 9.92. The lowest BCUT2D eigenvalue weighted by Gasteiger charge is -2.35. The summed E-state index contributed by atoms with van der Waals surface area (Å²) in [4.78, 5) is 29.3. The molecule has 3 N–H and O–H groups in total. The molecule has 2 aliphatic rings. The molecule has 2 atom stereocenters. The number of nitrogens with one attached hydrogen (secondary N) is 1. The molecule has 2 unspecified atom stereocenters. The van der Waals surface area contributed by atoms with Crippen molar-refractivity contribution in [3.05, 3.63) is 29.8 Å². The van der Waals surface area contributed by atoms with Crippen molar-refractivity contribution in [1.82, 2.24) is 9.80 Å². The van der Waals surface area contributed by atoms with Gasteiger partial charge in [0.2, 0.25) is 5.91 Å². The molecular weight excluding hydrogens is 427 g/mol. The van der Waals surface area contributed by atoms with Crippen LogP contribution >= 0.6 is 24.8 Å². The SMILES string of the molecule is CN1CCCC(N(C)C(=O)c2ccc(NC(=O)C(N)C3CCOCC3)cc2)C1.Cl.Cl. The van der Waals surface area contributed by atoms with Crippen LogP contribution < -0.4 is 11.1 Å². The molecule has 3 rings (SSSR count). The van der Waals surface area contributed by atoms with E-state index in [-0.39, 0.29) is 48.6 Å². The molecule has 9 heteroatoms. The molecule has 2 aliphatic heterocycles. The maximum atomic E-state index is 12.8. The number of nitrogens with zero attached hydrogens (tertiary/aromatic N) is 2. The van der Waals surface area contributed by atoms with E-state index >= 15 is 0 Å². The third-order valence-electron chi connectivity index (χ3n) is 5.94. The summed E-state index contributed by atoms with van der Waals surface area (Å²) >= 11 is 0. The van der Waals surface area contributed by atoms with Crippen LogP contribution in [0.1, 0.15) is 36.0 Å². The van der Waals surface area contributed by atoms with Gasteiger partial charge in [0.15, 0.2) is 0 Å². The monoisotopic (exact) mass is 460 g/mol. The Morgan fingerprint density at radius 3 is 2.40 bits per heavy atom. The zero-order valence-electron chi connectivity index (χ0n) is 17.7. The van der Waals surface area contributed by atoms with Gasteiger partial charge in [0.1, 0.15) is 0 Å².